The summed E-state index contributed by atoms with van der Waals surface area (Å²) in [5, 5.41) is 20.4. The van der Waals surface area contributed by atoms with Crippen LogP contribution in [-0.4, -0.2) is 33.6 Å². The molecule has 0 spiro atoms. The van der Waals surface area contributed by atoms with Crippen molar-refractivity contribution in [3.63, 3.8) is 0 Å². The SMILES string of the molecule is CC1=C(C#CC(C)C/C=C/C(C)CCCCC(C)C/C=C/C(C)/C=C/[C@@]23O[C@]2(C)C[C@@H](O)CC3(C)C)C(C)(C)C[C@H](O)C1. The second-order valence-corrected chi connectivity index (χ2v) is 16.2. The number of epoxide rings is 1. The predicted molar refractivity (Wildman–Crippen MR) is 183 cm³/mol. The van der Waals surface area contributed by atoms with Crippen LogP contribution >= 0.6 is 0 Å². The van der Waals surface area contributed by atoms with Gasteiger partial charge in [0.2, 0.25) is 0 Å². The van der Waals surface area contributed by atoms with Gasteiger partial charge in [-0.25, -0.2) is 0 Å². The maximum atomic E-state index is 10.3. The summed E-state index contributed by atoms with van der Waals surface area (Å²) in [6.07, 6.45) is 23.9. The van der Waals surface area contributed by atoms with E-state index in [1.54, 1.807) is 0 Å². The molecule has 0 radical (unpaired) electrons. The highest BCUT2D eigenvalue weighted by Crippen LogP contribution is 2.66. The molecule has 1 heterocycles. The van der Waals surface area contributed by atoms with Crippen LogP contribution in [0.15, 0.2) is 47.6 Å². The molecule has 3 aliphatic rings. The van der Waals surface area contributed by atoms with Gasteiger partial charge in [0.25, 0.3) is 0 Å². The maximum Gasteiger partial charge on any atom is 0.121 e. The molecule has 8 atom stereocenters. The monoisotopic (exact) mass is 592 g/mol. The third-order valence-electron chi connectivity index (χ3n) is 10.5. The molecule has 1 saturated heterocycles. The van der Waals surface area contributed by atoms with Crippen LogP contribution in [0.5, 0.6) is 0 Å². The summed E-state index contributed by atoms with van der Waals surface area (Å²) < 4.78 is 6.29. The lowest BCUT2D eigenvalue weighted by Gasteiger charge is -2.39. The van der Waals surface area contributed by atoms with E-state index in [1.165, 1.54) is 36.8 Å². The minimum absolute atomic E-state index is 0.0323. The van der Waals surface area contributed by atoms with E-state index >= 15 is 0 Å². The van der Waals surface area contributed by atoms with Crippen molar-refractivity contribution in [1.29, 1.82) is 0 Å². The number of rotatable bonds is 13. The Labute approximate surface area is 265 Å². The van der Waals surface area contributed by atoms with Crippen LogP contribution in [0.1, 0.15) is 133 Å². The van der Waals surface area contributed by atoms with Gasteiger partial charge in [0.05, 0.1) is 12.2 Å². The average molecular weight is 593 g/mol. The topological polar surface area (TPSA) is 53.0 Å². The van der Waals surface area contributed by atoms with Gasteiger partial charge in [0.1, 0.15) is 11.2 Å². The van der Waals surface area contributed by atoms with Gasteiger partial charge in [-0.05, 0) is 70.1 Å². The van der Waals surface area contributed by atoms with E-state index in [1.807, 2.05) is 0 Å². The van der Waals surface area contributed by atoms with Crippen molar-refractivity contribution < 1.29 is 14.9 Å². The fraction of sp³-hybridized carbons (Fsp3) is 0.750. The van der Waals surface area contributed by atoms with E-state index in [-0.39, 0.29) is 34.2 Å². The van der Waals surface area contributed by atoms with Crippen molar-refractivity contribution in [3.05, 3.63) is 47.6 Å². The molecule has 2 fully saturated rings. The average Bonchev–Trinajstić information content (AvgIpc) is 3.49. The molecule has 1 saturated carbocycles. The van der Waals surface area contributed by atoms with E-state index in [0.717, 1.165) is 38.5 Å². The minimum atomic E-state index is -0.263. The Morgan fingerprint density at radius 3 is 2.21 bits per heavy atom. The summed E-state index contributed by atoms with van der Waals surface area (Å²) in [6, 6.07) is 0. The highest BCUT2D eigenvalue weighted by atomic mass is 16.6. The van der Waals surface area contributed by atoms with Crippen LogP contribution < -0.4 is 0 Å². The molecule has 3 nitrogen and oxygen atoms in total. The Morgan fingerprint density at radius 1 is 0.860 bits per heavy atom. The van der Waals surface area contributed by atoms with Gasteiger partial charge in [-0.2, -0.15) is 0 Å². The third kappa shape index (κ3) is 9.45. The van der Waals surface area contributed by atoms with Crippen LogP contribution in [0, 0.1) is 46.3 Å². The third-order valence-corrected chi connectivity index (χ3v) is 10.5. The van der Waals surface area contributed by atoms with Crippen LogP contribution in [0.25, 0.3) is 0 Å². The van der Waals surface area contributed by atoms with Crippen molar-refractivity contribution >= 4 is 0 Å². The largest absolute Gasteiger partial charge is 0.393 e. The first-order valence-corrected chi connectivity index (χ1v) is 17.3. The highest BCUT2D eigenvalue weighted by Gasteiger charge is 2.74. The molecule has 0 aromatic heterocycles. The highest BCUT2D eigenvalue weighted by molar-refractivity contribution is 5.40. The number of aliphatic hydroxyl groups is 2. The van der Waals surface area contributed by atoms with Gasteiger partial charge in [-0.1, -0.05) is 129 Å². The second-order valence-electron chi connectivity index (χ2n) is 16.2. The lowest BCUT2D eigenvalue weighted by Crippen LogP contribution is -2.46. The summed E-state index contributed by atoms with van der Waals surface area (Å²) in [7, 11) is 0. The molecular formula is C40H64O3. The van der Waals surface area contributed by atoms with Crippen LogP contribution in [0.2, 0.25) is 0 Å². The van der Waals surface area contributed by atoms with Gasteiger partial charge in [-0.15, -0.1) is 0 Å². The number of hydrogen-bond donors (Lipinski definition) is 2. The van der Waals surface area contributed by atoms with Crippen LogP contribution in [0.3, 0.4) is 0 Å². The van der Waals surface area contributed by atoms with E-state index < -0.39 is 0 Å². The fourth-order valence-corrected chi connectivity index (χ4v) is 7.97. The first kappa shape index (κ1) is 35.9. The van der Waals surface area contributed by atoms with Crippen molar-refractivity contribution in [1.82, 2.24) is 0 Å². The molecule has 3 rings (SSSR count). The van der Waals surface area contributed by atoms with Gasteiger partial charge in [0.15, 0.2) is 0 Å². The Hall–Kier alpha value is -1.60. The molecule has 43 heavy (non-hydrogen) atoms. The van der Waals surface area contributed by atoms with Gasteiger partial charge < -0.3 is 14.9 Å². The van der Waals surface area contributed by atoms with Crippen molar-refractivity contribution in [2.24, 2.45) is 34.5 Å². The molecule has 4 unspecified atom stereocenters. The summed E-state index contributed by atoms with van der Waals surface area (Å²) in [6.45, 7) is 22.3. The zero-order valence-corrected chi connectivity index (χ0v) is 29.3. The standard InChI is InChI=1S/C40H64O3/c1-29(17-13-19-31(3)21-22-36-33(5)25-34(41)26-37(36,6)7)15-11-12-16-30(2)18-14-20-32(4)23-24-40-38(8,9)27-35(42)28-39(40,10)43-40/h13-14,17,20,23-24,29-32,34-35,41-42H,11-12,15-16,18-19,25-28H2,1-10H3/b17-13+,20-14+,24-23+/t29?,30?,31?,32?,34-,35+,39-,40+/m1/s1. The van der Waals surface area contributed by atoms with Gasteiger partial charge in [-0.3, -0.25) is 0 Å². The first-order valence-electron chi connectivity index (χ1n) is 17.3. The number of allylic oxidation sites excluding steroid dienone is 6. The quantitative estimate of drug-likeness (QED) is 0.0969. The minimum Gasteiger partial charge on any atom is -0.393 e. The van der Waals surface area contributed by atoms with Crippen LogP contribution in [-0.2, 0) is 4.74 Å². The maximum absolute atomic E-state index is 10.3. The van der Waals surface area contributed by atoms with Crippen LogP contribution in [0.4, 0.5) is 0 Å². The Kier molecular flexibility index (Phi) is 12.2. The first-order chi connectivity index (χ1) is 20.0. The summed E-state index contributed by atoms with van der Waals surface area (Å²) >= 11 is 0. The zero-order chi connectivity index (χ0) is 32.1. The van der Waals surface area contributed by atoms with Gasteiger partial charge >= 0.3 is 0 Å². The number of fused-ring (bicyclic) bond motifs is 1. The molecule has 2 aliphatic carbocycles. The number of ether oxygens (including phenoxy) is 1. The molecular weight excluding hydrogens is 528 g/mol. The molecule has 0 aromatic carbocycles. The molecule has 2 N–H and O–H groups in total. The molecule has 1 aliphatic heterocycles. The summed E-state index contributed by atoms with van der Waals surface area (Å²) in [4.78, 5) is 0. The second kappa shape index (κ2) is 14.7. The number of aliphatic hydroxyl groups excluding tert-OH is 2. The molecule has 3 heteroatoms. The zero-order valence-electron chi connectivity index (χ0n) is 29.3. The van der Waals surface area contributed by atoms with Gasteiger partial charge in [0, 0.05) is 28.7 Å². The Bertz CT molecular complexity index is 1110. The Balaban J connectivity index is 1.31. The smallest absolute Gasteiger partial charge is 0.121 e. The molecule has 0 aromatic rings. The van der Waals surface area contributed by atoms with Crippen molar-refractivity contribution in [2.75, 3.05) is 0 Å². The molecule has 0 bridgehead atoms. The van der Waals surface area contributed by atoms with Crippen molar-refractivity contribution in [3.8, 4) is 11.8 Å². The fourth-order valence-electron chi connectivity index (χ4n) is 7.97. The number of unbranched alkanes of at least 4 members (excludes halogenated alkanes) is 1. The molecule has 242 valence electrons. The lowest BCUT2D eigenvalue weighted by molar-refractivity contribution is 0.0514. The lowest BCUT2D eigenvalue weighted by atomic mass is 9.63. The van der Waals surface area contributed by atoms with E-state index in [2.05, 4.69) is 118 Å². The molecule has 0 amide bonds. The van der Waals surface area contributed by atoms with Crippen molar-refractivity contribution in [2.45, 2.75) is 157 Å². The Morgan fingerprint density at radius 2 is 1.53 bits per heavy atom. The van der Waals surface area contributed by atoms with E-state index in [4.69, 9.17) is 4.74 Å². The number of hydrogen-bond acceptors (Lipinski definition) is 3. The normalized spacial score (nSPS) is 32.8. The van der Waals surface area contributed by atoms with E-state index in [9.17, 15) is 10.2 Å². The predicted octanol–water partition coefficient (Wildman–Crippen LogP) is 9.75. The summed E-state index contributed by atoms with van der Waals surface area (Å²) in [5.41, 5.74) is 1.95. The summed E-state index contributed by atoms with van der Waals surface area (Å²) in [5.74, 6) is 9.01. The van der Waals surface area contributed by atoms with E-state index in [0.29, 0.717) is 23.7 Å².